The molecule has 0 radical (unpaired) electrons. The maximum atomic E-state index is 4.99. The molecular formula is C19H21N3. The van der Waals surface area contributed by atoms with Crippen LogP contribution in [0.5, 0.6) is 0 Å². The van der Waals surface area contributed by atoms with E-state index >= 15 is 0 Å². The molecule has 3 nitrogen and oxygen atoms in total. The van der Waals surface area contributed by atoms with Crippen molar-refractivity contribution in [1.82, 2.24) is 14.1 Å². The highest BCUT2D eigenvalue weighted by Gasteiger charge is 2.16. The fourth-order valence-corrected chi connectivity index (χ4v) is 3.41. The van der Waals surface area contributed by atoms with Gasteiger partial charge in [0, 0.05) is 24.8 Å². The number of hydrogen-bond donors (Lipinski definition) is 0. The summed E-state index contributed by atoms with van der Waals surface area (Å²) in [7, 11) is 0. The summed E-state index contributed by atoms with van der Waals surface area (Å²) in [4.78, 5) is 4.99. The zero-order chi connectivity index (χ0) is 14.8. The Morgan fingerprint density at radius 3 is 2.18 bits per heavy atom. The van der Waals surface area contributed by atoms with Crippen LogP contribution in [0.3, 0.4) is 0 Å². The molecule has 3 aromatic heterocycles. The second kappa shape index (κ2) is 5.84. The van der Waals surface area contributed by atoms with Crippen molar-refractivity contribution in [2.75, 3.05) is 0 Å². The third-order valence-corrected chi connectivity index (χ3v) is 4.49. The number of nitrogens with zero attached hydrogens (tertiary/aromatic N) is 3. The van der Waals surface area contributed by atoms with Crippen molar-refractivity contribution in [2.45, 2.75) is 38.8 Å². The van der Waals surface area contributed by atoms with Crippen LogP contribution < -0.4 is 0 Å². The van der Waals surface area contributed by atoms with Crippen LogP contribution in [0, 0.1) is 0 Å². The van der Waals surface area contributed by atoms with Crippen molar-refractivity contribution in [3.63, 3.8) is 0 Å². The van der Waals surface area contributed by atoms with Crippen LogP contribution >= 0.6 is 0 Å². The average molecular weight is 291 g/mol. The van der Waals surface area contributed by atoms with Crippen molar-refractivity contribution in [1.29, 1.82) is 0 Å². The van der Waals surface area contributed by atoms with Gasteiger partial charge in [0.25, 0.3) is 0 Å². The summed E-state index contributed by atoms with van der Waals surface area (Å²) in [5.41, 5.74) is 5.45. The van der Waals surface area contributed by atoms with Crippen molar-refractivity contribution in [2.24, 2.45) is 0 Å². The Morgan fingerprint density at radius 1 is 0.818 bits per heavy atom. The first-order valence-electron chi connectivity index (χ1n) is 8.10. The lowest BCUT2D eigenvalue weighted by molar-refractivity contribution is 0.650. The molecule has 0 amide bonds. The Hall–Kier alpha value is -2.29. The summed E-state index contributed by atoms with van der Waals surface area (Å²) < 4.78 is 4.41. The van der Waals surface area contributed by atoms with E-state index in [1.54, 1.807) is 0 Å². The van der Waals surface area contributed by atoms with Gasteiger partial charge in [0.05, 0.1) is 24.5 Å². The first-order valence-corrected chi connectivity index (χ1v) is 8.10. The minimum absolute atomic E-state index is 0.860. The lowest BCUT2D eigenvalue weighted by Crippen LogP contribution is -2.14. The Morgan fingerprint density at radius 2 is 1.45 bits per heavy atom. The van der Waals surface area contributed by atoms with E-state index in [0.29, 0.717) is 0 Å². The summed E-state index contributed by atoms with van der Waals surface area (Å²) in [6.07, 6.45) is 13.4. The number of hydrogen-bond acceptors (Lipinski definition) is 1. The van der Waals surface area contributed by atoms with E-state index in [-0.39, 0.29) is 0 Å². The molecule has 3 aromatic rings. The van der Waals surface area contributed by atoms with Gasteiger partial charge in [-0.25, -0.2) is 0 Å². The predicted molar refractivity (Wildman–Crippen MR) is 87.9 cm³/mol. The van der Waals surface area contributed by atoms with E-state index in [2.05, 4.69) is 64.3 Å². The molecular weight excluding hydrogens is 270 g/mol. The Labute approximate surface area is 131 Å². The highest BCUT2D eigenvalue weighted by Crippen LogP contribution is 2.25. The van der Waals surface area contributed by atoms with Crippen LogP contribution in [0.2, 0.25) is 0 Å². The molecule has 0 aliphatic heterocycles. The molecule has 112 valence electrons. The Kier molecular flexibility index (Phi) is 3.55. The van der Waals surface area contributed by atoms with Gasteiger partial charge in [-0.3, -0.25) is 4.98 Å². The largest absolute Gasteiger partial charge is 0.348 e. The van der Waals surface area contributed by atoms with Crippen LogP contribution in [0.4, 0.5) is 0 Å². The Balaban J connectivity index is 1.70. The quantitative estimate of drug-likeness (QED) is 0.719. The molecule has 1 aliphatic rings. The zero-order valence-electron chi connectivity index (χ0n) is 12.8. The number of pyridine rings is 1. The smallest absolute Gasteiger partial charge is 0.0645 e. The van der Waals surface area contributed by atoms with E-state index in [9.17, 15) is 0 Å². The zero-order valence-corrected chi connectivity index (χ0v) is 12.8. The minimum atomic E-state index is 0.860. The van der Waals surface area contributed by atoms with Gasteiger partial charge in [0.2, 0.25) is 0 Å². The van der Waals surface area contributed by atoms with Crippen molar-refractivity contribution < 1.29 is 0 Å². The fourth-order valence-electron chi connectivity index (χ4n) is 3.41. The molecule has 0 aromatic carbocycles. The summed E-state index contributed by atoms with van der Waals surface area (Å²) in [5, 5.41) is 0. The van der Waals surface area contributed by atoms with Crippen molar-refractivity contribution >= 4 is 0 Å². The monoisotopic (exact) mass is 291 g/mol. The topological polar surface area (TPSA) is 22.8 Å². The first kappa shape index (κ1) is 13.4. The van der Waals surface area contributed by atoms with Gasteiger partial charge < -0.3 is 9.13 Å². The first-order chi connectivity index (χ1) is 10.9. The second-order valence-corrected chi connectivity index (χ2v) is 6.12. The van der Waals surface area contributed by atoms with E-state index in [1.807, 2.05) is 0 Å². The van der Waals surface area contributed by atoms with Gasteiger partial charge in [-0.05, 0) is 67.1 Å². The second-order valence-electron chi connectivity index (χ2n) is 6.12. The number of aryl methyl sites for hydroxylation is 1. The summed E-state index contributed by atoms with van der Waals surface area (Å²) in [6, 6.07) is 10.6. The maximum Gasteiger partial charge on any atom is 0.0645 e. The molecule has 0 fully saturated rings. The van der Waals surface area contributed by atoms with Crippen LogP contribution in [0.1, 0.15) is 35.4 Å². The third kappa shape index (κ3) is 2.71. The molecule has 0 bridgehead atoms. The number of aromatic nitrogens is 3. The van der Waals surface area contributed by atoms with Crippen LogP contribution in [0.25, 0.3) is 0 Å². The lowest BCUT2D eigenvalue weighted by Gasteiger charge is -2.21. The fraction of sp³-hybridized carbons (Fsp3) is 0.316. The summed E-state index contributed by atoms with van der Waals surface area (Å²) >= 11 is 0. The van der Waals surface area contributed by atoms with Crippen LogP contribution in [-0.2, 0) is 25.9 Å². The van der Waals surface area contributed by atoms with Gasteiger partial charge >= 0.3 is 0 Å². The molecule has 0 spiro atoms. The predicted octanol–water partition coefficient (Wildman–Crippen LogP) is 3.66. The molecule has 0 saturated carbocycles. The third-order valence-electron chi connectivity index (χ3n) is 4.49. The molecule has 22 heavy (non-hydrogen) atoms. The standard InChI is InChI=1S/C19H21N3/c1-2-8-18-16(7-1)13-17(14-21-9-3-4-10-21)20-19(18)15-22-11-5-6-12-22/h3-6,9-13H,1-2,7-8,14-15H2. The van der Waals surface area contributed by atoms with Gasteiger partial charge in [-0.2, -0.15) is 0 Å². The SMILES string of the molecule is c1ccn(Cc2cc3c(c(Cn4cccc4)n2)CCCC3)c1. The highest BCUT2D eigenvalue weighted by atomic mass is 15.0. The van der Waals surface area contributed by atoms with Gasteiger partial charge in [-0.15, -0.1) is 0 Å². The van der Waals surface area contributed by atoms with Gasteiger partial charge in [-0.1, -0.05) is 0 Å². The van der Waals surface area contributed by atoms with Crippen molar-refractivity contribution in [3.8, 4) is 0 Å². The molecule has 4 rings (SSSR count). The lowest BCUT2D eigenvalue weighted by atomic mass is 9.90. The molecule has 3 heteroatoms. The normalized spacial score (nSPS) is 14.0. The average Bonchev–Trinajstić information content (AvgIpc) is 3.21. The van der Waals surface area contributed by atoms with Crippen LogP contribution in [-0.4, -0.2) is 14.1 Å². The summed E-state index contributed by atoms with van der Waals surface area (Å²) in [6.45, 7) is 1.74. The van der Waals surface area contributed by atoms with Gasteiger partial charge in [0.15, 0.2) is 0 Å². The van der Waals surface area contributed by atoms with Crippen LogP contribution in [0.15, 0.2) is 55.1 Å². The molecule has 3 heterocycles. The number of fused-ring (bicyclic) bond motifs is 1. The molecule has 0 unspecified atom stereocenters. The van der Waals surface area contributed by atoms with E-state index in [4.69, 9.17) is 4.98 Å². The molecule has 1 aliphatic carbocycles. The van der Waals surface area contributed by atoms with Gasteiger partial charge in [0.1, 0.15) is 0 Å². The summed E-state index contributed by atoms with van der Waals surface area (Å²) in [5.74, 6) is 0. The van der Waals surface area contributed by atoms with E-state index < -0.39 is 0 Å². The van der Waals surface area contributed by atoms with E-state index in [1.165, 1.54) is 48.2 Å². The molecule has 0 atom stereocenters. The minimum Gasteiger partial charge on any atom is -0.348 e. The highest BCUT2D eigenvalue weighted by molar-refractivity contribution is 5.35. The van der Waals surface area contributed by atoms with E-state index in [0.717, 1.165) is 13.1 Å². The molecule has 0 N–H and O–H groups in total. The maximum absolute atomic E-state index is 4.99. The van der Waals surface area contributed by atoms with Crippen molar-refractivity contribution in [3.05, 3.63) is 77.6 Å². The molecule has 0 saturated heterocycles. The number of rotatable bonds is 4. The Bertz CT molecular complexity index is 739.